The number of carbonyl (C=O) groups is 1. The predicted molar refractivity (Wildman–Crippen MR) is 70.2 cm³/mol. The topological polar surface area (TPSA) is 63.3 Å². The molecule has 0 radical (unpaired) electrons. The van der Waals surface area contributed by atoms with Crippen LogP contribution in [0, 0.1) is 0 Å². The lowest BCUT2D eigenvalue weighted by Crippen LogP contribution is -2.32. The Balaban J connectivity index is 1.90. The Bertz CT molecular complexity index is 634. The van der Waals surface area contributed by atoms with Crippen molar-refractivity contribution in [2.45, 2.75) is 12.5 Å². The standard InChI is InChI=1S/C15H13NO2/c16-14(15(17)18)8-9-5-6-12-10-3-1-2-4-11(10)13(12)7-9/h1-7,14H,8,16H2,(H,17,18)/t14-/m0/s1. The van der Waals surface area contributed by atoms with Crippen LogP contribution in [0.15, 0.2) is 42.5 Å². The van der Waals surface area contributed by atoms with Crippen LogP contribution in [0.1, 0.15) is 5.56 Å². The molecule has 0 aromatic heterocycles. The smallest absolute Gasteiger partial charge is 0.320 e. The second-order valence-electron chi connectivity index (χ2n) is 4.57. The van der Waals surface area contributed by atoms with Gasteiger partial charge in [-0.15, -0.1) is 0 Å². The minimum absolute atomic E-state index is 0.366. The second kappa shape index (κ2) is 3.96. The van der Waals surface area contributed by atoms with Crippen LogP contribution < -0.4 is 5.73 Å². The highest BCUT2D eigenvalue weighted by atomic mass is 16.4. The molecule has 0 unspecified atom stereocenters. The number of carboxylic acids is 1. The molecular weight excluding hydrogens is 226 g/mol. The Kier molecular flexibility index (Phi) is 2.42. The molecule has 3 N–H and O–H groups in total. The molecule has 0 fully saturated rings. The molecule has 0 spiro atoms. The lowest BCUT2D eigenvalue weighted by atomic mass is 9.79. The van der Waals surface area contributed by atoms with E-state index in [4.69, 9.17) is 10.8 Å². The van der Waals surface area contributed by atoms with Crippen molar-refractivity contribution in [1.29, 1.82) is 0 Å². The molecule has 3 heteroatoms. The summed E-state index contributed by atoms with van der Waals surface area (Å²) in [6, 6.07) is 13.4. The van der Waals surface area contributed by atoms with E-state index < -0.39 is 12.0 Å². The van der Waals surface area contributed by atoms with E-state index in [1.54, 1.807) is 0 Å². The van der Waals surface area contributed by atoms with Crippen molar-refractivity contribution in [2.75, 3.05) is 0 Å². The van der Waals surface area contributed by atoms with Gasteiger partial charge < -0.3 is 10.8 Å². The Labute approximate surface area is 105 Å². The van der Waals surface area contributed by atoms with Gasteiger partial charge in [0.2, 0.25) is 0 Å². The van der Waals surface area contributed by atoms with E-state index >= 15 is 0 Å². The summed E-state index contributed by atoms with van der Waals surface area (Å²) in [5, 5.41) is 8.81. The first-order valence-electron chi connectivity index (χ1n) is 5.88. The Morgan fingerprint density at radius 1 is 1.06 bits per heavy atom. The number of hydrogen-bond donors (Lipinski definition) is 2. The molecule has 18 heavy (non-hydrogen) atoms. The largest absolute Gasteiger partial charge is 0.480 e. The van der Waals surface area contributed by atoms with E-state index in [-0.39, 0.29) is 0 Å². The lowest BCUT2D eigenvalue weighted by molar-refractivity contribution is -0.138. The summed E-state index contributed by atoms with van der Waals surface area (Å²) < 4.78 is 0. The fraction of sp³-hybridized carbons (Fsp3) is 0.133. The number of fused-ring (bicyclic) bond motifs is 4. The molecular formula is C15H13NO2. The zero-order valence-electron chi connectivity index (χ0n) is 9.76. The molecule has 0 aliphatic heterocycles. The van der Waals surface area contributed by atoms with Gasteiger partial charge >= 0.3 is 5.97 Å². The molecule has 90 valence electrons. The van der Waals surface area contributed by atoms with E-state index in [9.17, 15) is 4.79 Å². The first-order valence-corrected chi connectivity index (χ1v) is 5.88. The molecule has 1 atom stereocenters. The van der Waals surface area contributed by atoms with Crippen molar-refractivity contribution in [2.24, 2.45) is 5.73 Å². The summed E-state index contributed by atoms with van der Waals surface area (Å²) in [5.41, 5.74) is 11.4. The van der Waals surface area contributed by atoms with Gasteiger partial charge in [-0.25, -0.2) is 0 Å². The quantitative estimate of drug-likeness (QED) is 0.737. The van der Waals surface area contributed by atoms with Crippen LogP contribution in [-0.2, 0) is 11.2 Å². The number of nitrogens with two attached hydrogens (primary N) is 1. The van der Waals surface area contributed by atoms with E-state index in [1.165, 1.54) is 22.3 Å². The molecule has 0 bridgehead atoms. The SMILES string of the molecule is N[C@@H](Cc1ccc2c(c1)-c1ccccc1-2)C(=O)O. The summed E-state index contributed by atoms with van der Waals surface area (Å²) in [6.45, 7) is 0. The second-order valence-corrected chi connectivity index (χ2v) is 4.57. The number of rotatable bonds is 3. The average molecular weight is 239 g/mol. The van der Waals surface area contributed by atoms with Gasteiger partial charge in [0.15, 0.2) is 0 Å². The first-order chi connectivity index (χ1) is 8.66. The molecule has 0 saturated heterocycles. The van der Waals surface area contributed by atoms with Crippen LogP contribution in [0.3, 0.4) is 0 Å². The third-order valence-electron chi connectivity index (χ3n) is 3.36. The fourth-order valence-corrected chi connectivity index (χ4v) is 2.41. The van der Waals surface area contributed by atoms with Crippen molar-refractivity contribution in [1.82, 2.24) is 0 Å². The number of aliphatic carboxylic acids is 1. The van der Waals surface area contributed by atoms with Crippen LogP contribution in [0.2, 0.25) is 0 Å². The molecule has 3 rings (SSSR count). The summed E-state index contributed by atoms with van der Waals surface area (Å²) in [5.74, 6) is -0.960. The van der Waals surface area contributed by atoms with Gasteiger partial charge in [0.1, 0.15) is 6.04 Å². The molecule has 3 nitrogen and oxygen atoms in total. The average Bonchev–Trinajstić information content (AvgIpc) is 2.36. The van der Waals surface area contributed by atoms with E-state index in [0.717, 1.165) is 5.56 Å². The summed E-state index contributed by atoms with van der Waals surface area (Å²) in [4.78, 5) is 10.7. The molecule has 2 aromatic carbocycles. The Hall–Kier alpha value is -2.13. The highest BCUT2D eigenvalue weighted by molar-refractivity contribution is 6.02. The van der Waals surface area contributed by atoms with Gasteiger partial charge in [-0.3, -0.25) is 4.79 Å². The number of hydrogen-bond acceptors (Lipinski definition) is 2. The zero-order valence-corrected chi connectivity index (χ0v) is 9.76. The van der Waals surface area contributed by atoms with Gasteiger partial charge in [0.05, 0.1) is 0 Å². The molecule has 0 saturated carbocycles. The normalized spacial score (nSPS) is 13.2. The predicted octanol–water partition coefficient (Wildman–Crippen LogP) is 2.29. The summed E-state index contributed by atoms with van der Waals surface area (Å²) >= 11 is 0. The number of carboxylic acid groups (broad SMARTS) is 1. The molecule has 2 aromatic rings. The van der Waals surface area contributed by atoms with Crippen LogP contribution >= 0.6 is 0 Å². The van der Waals surface area contributed by atoms with Gasteiger partial charge in [0, 0.05) is 0 Å². The van der Waals surface area contributed by atoms with Crippen LogP contribution in [0.25, 0.3) is 22.3 Å². The Morgan fingerprint density at radius 3 is 2.33 bits per heavy atom. The maximum absolute atomic E-state index is 10.7. The lowest BCUT2D eigenvalue weighted by Gasteiger charge is -2.24. The summed E-state index contributed by atoms with van der Waals surface area (Å²) in [7, 11) is 0. The van der Waals surface area contributed by atoms with Crippen molar-refractivity contribution < 1.29 is 9.90 Å². The Morgan fingerprint density at radius 2 is 1.67 bits per heavy atom. The van der Waals surface area contributed by atoms with Crippen LogP contribution in [-0.4, -0.2) is 17.1 Å². The molecule has 0 amide bonds. The van der Waals surface area contributed by atoms with Gasteiger partial charge in [0.25, 0.3) is 0 Å². The van der Waals surface area contributed by atoms with Crippen molar-refractivity contribution in [3.8, 4) is 22.3 Å². The van der Waals surface area contributed by atoms with Crippen LogP contribution in [0.4, 0.5) is 0 Å². The maximum atomic E-state index is 10.7. The highest BCUT2D eigenvalue weighted by Crippen LogP contribution is 2.46. The minimum Gasteiger partial charge on any atom is -0.480 e. The van der Waals surface area contributed by atoms with E-state index in [2.05, 4.69) is 12.1 Å². The highest BCUT2D eigenvalue weighted by Gasteiger charge is 2.22. The maximum Gasteiger partial charge on any atom is 0.320 e. The minimum atomic E-state index is -0.960. The molecule has 1 aliphatic carbocycles. The van der Waals surface area contributed by atoms with Crippen molar-refractivity contribution >= 4 is 5.97 Å². The first kappa shape index (κ1) is 11.0. The van der Waals surface area contributed by atoms with Gasteiger partial charge in [-0.1, -0.05) is 42.5 Å². The fourth-order valence-electron chi connectivity index (χ4n) is 2.41. The van der Waals surface area contributed by atoms with Gasteiger partial charge in [-0.05, 0) is 34.2 Å². The van der Waals surface area contributed by atoms with Gasteiger partial charge in [-0.2, -0.15) is 0 Å². The van der Waals surface area contributed by atoms with Crippen LogP contribution in [0.5, 0.6) is 0 Å². The third kappa shape index (κ3) is 1.60. The number of benzene rings is 2. The molecule has 0 heterocycles. The summed E-state index contributed by atoms with van der Waals surface area (Å²) in [6.07, 6.45) is 0.366. The van der Waals surface area contributed by atoms with E-state index in [0.29, 0.717) is 6.42 Å². The van der Waals surface area contributed by atoms with E-state index in [1.807, 2.05) is 30.3 Å². The van der Waals surface area contributed by atoms with Crippen molar-refractivity contribution in [3.05, 3.63) is 48.0 Å². The molecule has 1 aliphatic rings. The van der Waals surface area contributed by atoms with Crippen molar-refractivity contribution in [3.63, 3.8) is 0 Å². The monoisotopic (exact) mass is 239 g/mol. The zero-order chi connectivity index (χ0) is 12.7. The third-order valence-corrected chi connectivity index (χ3v) is 3.36.